The molecule has 3 aromatic rings. The van der Waals surface area contributed by atoms with Crippen molar-refractivity contribution in [1.29, 1.82) is 0 Å². The van der Waals surface area contributed by atoms with Crippen LogP contribution in [0.4, 0.5) is 0 Å². The van der Waals surface area contributed by atoms with Gasteiger partial charge >= 0.3 is 5.97 Å². The molecule has 0 radical (unpaired) electrons. The molecule has 3 aliphatic rings. The van der Waals surface area contributed by atoms with Crippen molar-refractivity contribution in [1.82, 2.24) is 19.3 Å². The molecule has 1 fully saturated rings. The van der Waals surface area contributed by atoms with Crippen molar-refractivity contribution in [2.24, 2.45) is 7.05 Å². The Morgan fingerprint density at radius 2 is 2.15 bits per heavy atom. The van der Waals surface area contributed by atoms with Gasteiger partial charge in [0.15, 0.2) is 5.69 Å². The van der Waals surface area contributed by atoms with Crippen LogP contribution >= 0.6 is 15.9 Å². The lowest BCUT2D eigenvalue weighted by molar-refractivity contribution is 0.0689. The number of nitrogens with zero attached hydrogens (tertiary/aromatic N) is 4. The predicted octanol–water partition coefficient (Wildman–Crippen LogP) is 3.77. The first-order valence-electron chi connectivity index (χ1n) is 8.64. The quantitative estimate of drug-likeness (QED) is 0.710. The average molecular weight is 413 g/mol. The zero-order valence-electron chi connectivity index (χ0n) is 14.2. The van der Waals surface area contributed by atoms with Crippen LogP contribution in [-0.2, 0) is 13.5 Å². The number of halogens is 1. The van der Waals surface area contributed by atoms with E-state index in [0.29, 0.717) is 18.4 Å². The van der Waals surface area contributed by atoms with E-state index in [1.54, 1.807) is 10.9 Å². The molecule has 6 rings (SSSR count). The van der Waals surface area contributed by atoms with Gasteiger partial charge in [-0.1, -0.05) is 22.0 Å². The van der Waals surface area contributed by atoms with Gasteiger partial charge in [-0.25, -0.2) is 9.78 Å². The van der Waals surface area contributed by atoms with E-state index in [0.717, 1.165) is 40.1 Å². The summed E-state index contributed by atoms with van der Waals surface area (Å²) in [4.78, 5) is 16.5. The van der Waals surface area contributed by atoms with Crippen molar-refractivity contribution in [3.63, 3.8) is 0 Å². The molecule has 26 heavy (non-hydrogen) atoms. The Kier molecular flexibility index (Phi) is 3.37. The van der Waals surface area contributed by atoms with Crippen LogP contribution in [0.2, 0.25) is 0 Å². The lowest BCUT2D eigenvalue weighted by Crippen LogP contribution is -2.25. The highest BCUT2D eigenvalue weighted by molar-refractivity contribution is 9.10. The lowest BCUT2D eigenvalue weighted by atomic mass is 9.75. The van der Waals surface area contributed by atoms with Crippen molar-refractivity contribution in [2.75, 3.05) is 0 Å². The van der Waals surface area contributed by atoms with Crippen LogP contribution in [0.3, 0.4) is 0 Å². The number of hydrogen-bond donors (Lipinski definition) is 1. The first kappa shape index (κ1) is 15.8. The van der Waals surface area contributed by atoms with Gasteiger partial charge in [0.1, 0.15) is 5.82 Å². The summed E-state index contributed by atoms with van der Waals surface area (Å²) in [7, 11) is 1.88. The van der Waals surface area contributed by atoms with Gasteiger partial charge in [0.2, 0.25) is 0 Å². The van der Waals surface area contributed by atoms with Crippen LogP contribution in [0.25, 0.3) is 11.4 Å². The maximum Gasteiger partial charge on any atom is 0.356 e. The molecule has 132 valence electrons. The van der Waals surface area contributed by atoms with Gasteiger partial charge in [-0.05, 0) is 42.5 Å². The molecule has 0 unspecified atom stereocenters. The number of rotatable bonds is 3. The van der Waals surface area contributed by atoms with Gasteiger partial charge in [-0.3, -0.25) is 4.68 Å². The highest BCUT2D eigenvalue weighted by Gasteiger charge is 2.41. The molecule has 0 atom stereocenters. The molecule has 4 heterocycles. The van der Waals surface area contributed by atoms with E-state index in [9.17, 15) is 9.90 Å². The van der Waals surface area contributed by atoms with Crippen LogP contribution in [0.1, 0.15) is 52.2 Å². The summed E-state index contributed by atoms with van der Waals surface area (Å²) in [6.07, 6.45) is 4.32. The molecule has 2 aliphatic heterocycles. The second kappa shape index (κ2) is 5.54. The number of carbonyl (C=O) groups is 1. The number of carboxylic acids is 1. The largest absolute Gasteiger partial charge is 0.476 e. The fourth-order valence-corrected chi connectivity index (χ4v) is 4.63. The normalized spacial score (nSPS) is 20.1. The fourth-order valence-electron chi connectivity index (χ4n) is 4.27. The molecule has 1 N–H and O–H groups in total. The van der Waals surface area contributed by atoms with Gasteiger partial charge in [0.25, 0.3) is 0 Å². The fraction of sp³-hybridized carbons (Fsp3) is 0.316. The van der Waals surface area contributed by atoms with Crippen molar-refractivity contribution in [3.05, 3.63) is 57.6 Å². The molecule has 0 spiro atoms. The van der Waals surface area contributed by atoms with Gasteiger partial charge in [0.05, 0.1) is 5.69 Å². The Labute approximate surface area is 158 Å². The van der Waals surface area contributed by atoms with Crippen molar-refractivity contribution in [2.45, 2.75) is 31.2 Å². The maximum absolute atomic E-state index is 11.9. The first-order chi connectivity index (χ1) is 12.5. The number of aromatic carboxylic acids is 1. The van der Waals surface area contributed by atoms with Crippen LogP contribution < -0.4 is 0 Å². The smallest absolute Gasteiger partial charge is 0.356 e. The Balaban J connectivity index is 1.75. The average Bonchev–Trinajstić information content (AvgIpc) is 3.06. The third kappa shape index (κ3) is 2.19. The molecule has 0 saturated heterocycles. The highest BCUT2D eigenvalue weighted by Crippen LogP contribution is 2.53. The Bertz CT molecular complexity index is 1050. The zero-order chi connectivity index (χ0) is 18.0. The second-order valence-electron chi connectivity index (χ2n) is 7.08. The Morgan fingerprint density at radius 1 is 1.35 bits per heavy atom. The molecule has 7 heteroatoms. The third-order valence-electron chi connectivity index (χ3n) is 5.66. The highest BCUT2D eigenvalue weighted by atomic mass is 79.9. The zero-order valence-corrected chi connectivity index (χ0v) is 15.8. The van der Waals surface area contributed by atoms with Crippen LogP contribution in [-0.4, -0.2) is 30.4 Å². The predicted molar refractivity (Wildman–Crippen MR) is 99.3 cm³/mol. The molecule has 1 aliphatic carbocycles. The summed E-state index contributed by atoms with van der Waals surface area (Å²) in [5, 5.41) is 14.0. The van der Waals surface area contributed by atoms with Gasteiger partial charge < -0.3 is 9.67 Å². The summed E-state index contributed by atoms with van der Waals surface area (Å²) in [6.45, 7) is 0. The SMILES string of the molecule is Cn1nccc1Cc1c(C(=O)O)nc2n1C1CC(C1)c1ccc(Br)cc1-2. The molecule has 0 amide bonds. The maximum atomic E-state index is 11.9. The van der Waals surface area contributed by atoms with Gasteiger partial charge in [0, 0.05) is 41.4 Å². The lowest BCUT2D eigenvalue weighted by Gasteiger charge is -2.35. The van der Waals surface area contributed by atoms with Gasteiger partial charge in [-0.2, -0.15) is 5.10 Å². The minimum Gasteiger partial charge on any atom is -0.476 e. The van der Waals surface area contributed by atoms with E-state index in [-0.39, 0.29) is 5.69 Å². The standard InChI is InChI=1S/C19H17BrN4O2/c1-23-12(4-5-21-23)9-16-17(19(25)26)22-18-15-8-11(20)2-3-14(15)10-6-13(7-10)24(16)18/h2-5,8,10,13H,6-7,9H2,1H3,(H,25,26). The molecular weight excluding hydrogens is 396 g/mol. The van der Waals surface area contributed by atoms with Crippen LogP contribution in [0.5, 0.6) is 0 Å². The summed E-state index contributed by atoms with van der Waals surface area (Å²) in [5.41, 5.74) is 4.22. The molecule has 2 bridgehead atoms. The number of benzene rings is 1. The third-order valence-corrected chi connectivity index (χ3v) is 6.15. The van der Waals surface area contributed by atoms with E-state index in [1.165, 1.54) is 5.56 Å². The van der Waals surface area contributed by atoms with Crippen molar-refractivity contribution >= 4 is 21.9 Å². The minimum atomic E-state index is -0.977. The van der Waals surface area contributed by atoms with Crippen LogP contribution in [0, 0.1) is 0 Å². The van der Waals surface area contributed by atoms with E-state index in [1.807, 2.05) is 13.1 Å². The Morgan fingerprint density at radius 3 is 2.85 bits per heavy atom. The van der Waals surface area contributed by atoms with E-state index < -0.39 is 5.97 Å². The Hall–Kier alpha value is -2.41. The van der Waals surface area contributed by atoms with Crippen LogP contribution in [0.15, 0.2) is 34.9 Å². The molecule has 2 aromatic heterocycles. The van der Waals surface area contributed by atoms with Crippen molar-refractivity contribution < 1.29 is 9.90 Å². The summed E-state index contributed by atoms with van der Waals surface area (Å²) >= 11 is 3.55. The van der Waals surface area contributed by atoms with E-state index >= 15 is 0 Å². The number of carboxylic acid groups (broad SMARTS) is 1. The number of hydrogen-bond acceptors (Lipinski definition) is 3. The summed E-state index contributed by atoms with van der Waals surface area (Å²) < 4.78 is 4.94. The number of imidazole rings is 1. The summed E-state index contributed by atoms with van der Waals surface area (Å²) in [5.74, 6) is 0.332. The topological polar surface area (TPSA) is 72.9 Å². The molecule has 1 aromatic carbocycles. The number of aryl methyl sites for hydroxylation is 1. The second-order valence-corrected chi connectivity index (χ2v) is 8.00. The molecular formula is C19H17BrN4O2. The monoisotopic (exact) mass is 412 g/mol. The van der Waals surface area contributed by atoms with E-state index in [2.05, 4.69) is 48.8 Å². The number of aromatic nitrogens is 4. The first-order valence-corrected chi connectivity index (χ1v) is 9.43. The minimum absolute atomic E-state index is 0.150. The molecule has 1 saturated carbocycles. The van der Waals surface area contributed by atoms with Gasteiger partial charge in [-0.15, -0.1) is 0 Å². The van der Waals surface area contributed by atoms with Crippen molar-refractivity contribution in [3.8, 4) is 11.4 Å². The molecule has 6 nitrogen and oxygen atoms in total. The van der Waals surface area contributed by atoms with E-state index in [4.69, 9.17) is 0 Å². The summed E-state index contributed by atoms with van der Waals surface area (Å²) in [6, 6.07) is 8.50.